The largest absolute Gasteiger partial charge is 0.352 e. The second kappa shape index (κ2) is 5.51. The molecule has 0 aliphatic carbocycles. The summed E-state index contributed by atoms with van der Waals surface area (Å²) in [5, 5.41) is 5.39. The van der Waals surface area contributed by atoms with Crippen LogP contribution in [0.25, 0.3) is 4.96 Å². The van der Waals surface area contributed by atoms with Crippen molar-refractivity contribution in [2.45, 2.75) is 45.2 Å². The number of nitrogens with zero attached hydrogens (tertiary/aromatic N) is 3. The lowest BCUT2D eigenvalue weighted by atomic mass is 10.1. The van der Waals surface area contributed by atoms with E-state index >= 15 is 0 Å². The van der Waals surface area contributed by atoms with Crippen LogP contribution < -0.4 is 10.2 Å². The van der Waals surface area contributed by atoms with Crippen molar-refractivity contribution < 1.29 is 0 Å². The first-order chi connectivity index (χ1) is 9.31. The van der Waals surface area contributed by atoms with Gasteiger partial charge in [0, 0.05) is 30.7 Å². The normalized spacial score (nSPS) is 20.9. The maximum absolute atomic E-state index is 4.87. The van der Waals surface area contributed by atoms with Crippen molar-refractivity contribution in [3.63, 3.8) is 0 Å². The van der Waals surface area contributed by atoms with E-state index in [4.69, 9.17) is 4.98 Å². The van der Waals surface area contributed by atoms with Gasteiger partial charge in [0.2, 0.25) is 0 Å². The zero-order chi connectivity index (χ0) is 13.2. The van der Waals surface area contributed by atoms with Crippen LogP contribution in [0.5, 0.6) is 0 Å². The van der Waals surface area contributed by atoms with Crippen molar-refractivity contribution in [2.75, 3.05) is 18.5 Å². The third kappa shape index (κ3) is 2.37. The van der Waals surface area contributed by atoms with Crippen molar-refractivity contribution >= 4 is 22.1 Å². The van der Waals surface area contributed by atoms with Crippen molar-refractivity contribution in [2.24, 2.45) is 0 Å². The highest BCUT2D eigenvalue weighted by molar-refractivity contribution is 7.15. The fraction of sp³-hybridized carbons (Fsp3) is 0.643. The topological polar surface area (TPSA) is 32.6 Å². The van der Waals surface area contributed by atoms with Crippen LogP contribution >= 0.6 is 11.3 Å². The third-order valence-corrected chi connectivity index (χ3v) is 4.77. The fourth-order valence-corrected chi connectivity index (χ4v) is 3.70. The monoisotopic (exact) mass is 278 g/mol. The average molecular weight is 278 g/mol. The van der Waals surface area contributed by atoms with Gasteiger partial charge in [-0.1, -0.05) is 12.8 Å². The SMILES string of the molecule is CNCc1c(N2CCCCCC2C)nc2sccn12. The molecule has 4 nitrogen and oxygen atoms in total. The van der Waals surface area contributed by atoms with E-state index in [2.05, 4.69) is 33.1 Å². The molecule has 0 spiro atoms. The molecule has 1 unspecified atom stereocenters. The number of nitrogens with one attached hydrogen (secondary N) is 1. The number of aromatic nitrogens is 2. The van der Waals surface area contributed by atoms with E-state index in [1.807, 2.05) is 7.05 Å². The number of fused-ring (bicyclic) bond motifs is 1. The van der Waals surface area contributed by atoms with E-state index in [1.54, 1.807) is 11.3 Å². The smallest absolute Gasteiger partial charge is 0.195 e. The first-order valence-electron chi connectivity index (χ1n) is 7.17. The van der Waals surface area contributed by atoms with Crippen LogP contribution in [0.1, 0.15) is 38.3 Å². The Morgan fingerprint density at radius 3 is 3.16 bits per heavy atom. The minimum Gasteiger partial charge on any atom is -0.352 e. The predicted octanol–water partition coefficient (Wildman–Crippen LogP) is 2.88. The van der Waals surface area contributed by atoms with Crippen molar-refractivity contribution in [3.8, 4) is 0 Å². The van der Waals surface area contributed by atoms with Crippen LogP contribution in [0, 0.1) is 0 Å². The molecule has 1 saturated heterocycles. The van der Waals surface area contributed by atoms with Gasteiger partial charge >= 0.3 is 0 Å². The highest BCUT2D eigenvalue weighted by atomic mass is 32.1. The number of imidazole rings is 1. The molecule has 3 rings (SSSR count). The van der Waals surface area contributed by atoms with Crippen LogP contribution in [-0.2, 0) is 6.54 Å². The molecule has 0 aromatic carbocycles. The van der Waals surface area contributed by atoms with Crippen LogP contribution in [0.4, 0.5) is 5.82 Å². The van der Waals surface area contributed by atoms with Crippen LogP contribution in [0.2, 0.25) is 0 Å². The number of rotatable bonds is 3. The third-order valence-electron chi connectivity index (χ3n) is 4.01. The van der Waals surface area contributed by atoms with Crippen molar-refractivity contribution in [1.82, 2.24) is 14.7 Å². The van der Waals surface area contributed by atoms with Gasteiger partial charge in [0.25, 0.3) is 0 Å². The Kier molecular flexibility index (Phi) is 3.75. The predicted molar refractivity (Wildman–Crippen MR) is 81.1 cm³/mol. The Hall–Kier alpha value is -1.07. The summed E-state index contributed by atoms with van der Waals surface area (Å²) < 4.78 is 2.23. The van der Waals surface area contributed by atoms with E-state index in [-0.39, 0.29) is 0 Å². The zero-order valence-corrected chi connectivity index (χ0v) is 12.5. The van der Waals surface area contributed by atoms with Gasteiger partial charge < -0.3 is 10.2 Å². The maximum Gasteiger partial charge on any atom is 0.195 e. The van der Waals surface area contributed by atoms with Gasteiger partial charge in [0.1, 0.15) is 0 Å². The molecule has 19 heavy (non-hydrogen) atoms. The average Bonchev–Trinajstić information content (AvgIpc) is 2.90. The Morgan fingerprint density at radius 2 is 2.32 bits per heavy atom. The molecule has 1 N–H and O–H groups in total. The van der Waals surface area contributed by atoms with Crippen LogP contribution in [0.3, 0.4) is 0 Å². The van der Waals surface area contributed by atoms with Crippen molar-refractivity contribution in [1.29, 1.82) is 0 Å². The summed E-state index contributed by atoms with van der Waals surface area (Å²) >= 11 is 1.72. The quantitative estimate of drug-likeness (QED) is 0.937. The first kappa shape index (κ1) is 12.9. The van der Waals surface area contributed by atoms with Crippen molar-refractivity contribution in [3.05, 3.63) is 17.3 Å². The highest BCUT2D eigenvalue weighted by Gasteiger charge is 2.23. The number of hydrogen-bond acceptors (Lipinski definition) is 4. The highest BCUT2D eigenvalue weighted by Crippen LogP contribution is 2.29. The number of anilines is 1. The molecule has 1 aliphatic rings. The lowest BCUT2D eigenvalue weighted by molar-refractivity contribution is 0.608. The Labute approximate surface area is 118 Å². The lowest BCUT2D eigenvalue weighted by Crippen LogP contribution is -2.34. The first-order valence-corrected chi connectivity index (χ1v) is 8.05. The van der Waals surface area contributed by atoms with Gasteiger partial charge in [0.15, 0.2) is 10.8 Å². The standard InChI is InChI=1S/C14H22N4S/c1-11-6-4-3-5-7-17(11)13-12(10-15-2)18-8-9-19-14(18)16-13/h8-9,11,15H,3-7,10H2,1-2H3. The van der Waals surface area contributed by atoms with Gasteiger partial charge in [-0.25, -0.2) is 4.98 Å². The van der Waals surface area contributed by atoms with Gasteiger partial charge in [-0.3, -0.25) is 4.40 Å². The molecule has 1 atom stereocenters. The summed E-state index contributed by atoms with van der Waals surface area (Å²) in [4.78, 5) is 8.50. The van der Waals surface area contributed by atoms with E-state index in [1.165, 1.54) is 37.2 Å². The molecule has 0 bridgehead atoms. The van der Waals surface area contributed by atoms with E-state index < -0.39 is 0 Å². The van der Waals surface area contributed by atoms with E-state index in [0.29, 0.717) is 6.04 Å². The molecule has 0 amide bonds. The summed E-state index contributed by atoms with van der Waals surface area (Å²) in [5.74, 6) is 1.19. The van der Waals surface area contributed by atoms with Crippen LogP contribution in [-0.4, -0.2) is 29.0 Å². The molecule has 0 radical (unpaired) electrons. The second-order valence-corrected chi connectivity index (χ2v) is 6.23. The minimum atomic E-state index is 0.600. The second-order valence-electron chi connectivity index (χ2n) is 5.36. The zero-order valence-electron chi connectivity index (χ0n) is 11.7. The molecule has 1 aliphatic heterocycles. The molecule has 2 aromatic heterocycles. The molecule has 3 heterocycles. The minimum absolute atomic E-state index is 0.600. The Bertz CT molecular complexity index is 545. The molecule has 0 saturated carbocycles. The fourth-order valence-electron chi connectivity index (χ4n) is 2.97. The summed E-state index contributed by atoms with van der Waals surface area (Å²) in [6, 6.07) is 0.600. The van der Waals surface area contributed by atoms with Gasteiger partial charge in [-0.15, -0.1) is 11.3 Å². The Balaban J connectivity index is 2.01. The lowest BCUT2D eigenvalue weighted by Gasteiger charge is -2.28. The van der Waals surface area contributed by atoms with Crippen LogP contribution in [0.15, 0.2) is 11.6 Å². The van der Waals surface area contributed by atoms with Gasteiger partial charge in [-0.2, -0.15) is 0 Å². The van der Waals surface area contributed by atoms with E-state index in [0.717, 1.165) is 18.1 Å². The molecule has 104 valence electrons. The Morgan fingerprint density at radius 1 is 1.42 bits per heavy atom. The van der Waals surface area contributed by atoms with E-state index in [9.17, 15) is 0 Å². The summed E-state index contributed by atoms with van der Waals surface area (Å²) in [6.45, 7) is 4.35. The summed E-state index contributed by atoms with van der Waals surface area (Å²) in [7, 11) is 2.00. The molecular weight excluding hydrogens is 256 g/mol. The molecule has 1 fully saturated rings. The summed E-state index contributed by atoms with van der Waals surface area (Å²) in [6.07, 6.45) is 7.40. The van der Waals surface area contributed by atoms with Gasteiger partial charge in [-0.05, 0) is 26.8 Å². The molecule has 5 heteroatoms. The van der Waals surface area contributed by atoms with Gasteiger partial charge in [0.05, 0.1) is 5.69 Å². The number of hydrogen-bond donors (Lipinski definition) is 1. The molecular formula is C14H22N4S. The maximum atomic E-state index is 4.87. The number of thiazole rings is 1. The molecule has 2 aromatic rings. The summed E-state index contributed by atoms with van der Waals surface area (Å²) in [5.41, 5.74) is 1.30.